The number of hydrogen-bond donors (Lipinski definition) is 0. The van der Waals surface area contributed by atoms with Gasteiger partial charge in [0, 0.05) is 5.02 Å². The summed E-state index contributed by atoms with van der Waals surface area (Å²) >= 11 is 5.66. The van der Waals surface area contributed by atoms with Gasteiger partial charge in [0.2, 0.25) is 0 Å². The van der Waals surface area contributed by atoms with Crippen molar-refractivity contribution in [3.63, 3.8) is 0 Å². The van der Waals surface area contributed by atoms with Crippen molar-refractivity contribution in [1.29, 1.82) is 5.26 Å². The molecule has 2 nitrogen and oxygen atoms in total. The minimum Gasteiger partial charge on any atom is -0.297 e. The average Bonchev–Trinajstić information content (AvgIpc) is 2.17. The lowest BCUT2D eigenvalue weighted by Crippen LogP contribution is -1.79. The SMILES string of the molecule is N#C/C(C=O)=C\c1ccc(Cl)cc1. The third-order valence-electron chi connectivity index (χ3n) is 1.45. The van der Waals surface area contributed by atoms with Crippen LogP contribution in [0.25, 0.3) is 6.08 Å². The van der Waals surface area contributed by atoms with Crippen molar-refractivity contribution in [1.82, 2.24) is 0 Å². The molecule has 0 aliphatic heterocycles. The van der Waals surface area contributed by atoms with Crippen LogP contribution in [0, 0.1) is 11.3 Å². The van der Waals surface area contributed by atoms with E-state index in [1.54, 1.807) is 30.3 Å². The summed E-state index contributed by atoms with van der Waals surface area (Å²) < 4.78 is 0. The van der Waals surface area contributed by atoms with Gasteiger partial charge in [0.15, 0.2) is 6.29 Å². The summed E-state index contributed by atoms with van der Waals surface area (Å²) in [4.78, 5) is 10.3. The van der Waals surface area contributed by atoms with Crippen LogP contribution in [0.3, 0.4) is 0 Å². The second-order valence-corrected chi connectivity index (χ2v) is 2.82. The number of benzene rings is 1. The maximum absolute atomic E-state index is 10.3. The van der Waals surface area contributed by atoms with Gasteiger partial charge < -0.3 is 0 Å². The van der Waals surface area contributed by atoms with E-state index >= 15 is 0 Å². The maximum atomic E-state index is 10.3. The topological polar surface area (TPSA) is 40.9 Å². The molecule has 0 saturated heterocycles. The lowest BCUT2D eigenvalue weighted by molar-refractivity contribution is -0.104. The normalized spacial score (nSPS) is 10.6. The van der Waals surface area contributed by atoms with Crippen molar-refractivity contribution >= 4 is 24.0 Å². The third kappa shape index (κ3) is 2.73. The van der Waals surface area contributed by atoms with E-state index in [0.717, 1.165) is 5.56 Å². The summed E-state index contributed by atoms with van der Waals surface area (Å²) in [6.07, 6.45) is 2.03. The quantitative estimate of drug-likeness (QED) is 0.409. The van der Waals surface area contributed by atoms with Crippen molar-refractivity contribution in [2.75, 3.05) is 0 Å². The smallest absolute Gasteiger partial charge is 0.160 e. The second kappa shape index (κ2) is 4.44. The van der Waals surface area contributed by atoms with E-state index in [0.29, 0.717) is 11.3 Å². The first-order chi connectivity index (χ1) is 6.26. The van der Waals surface area contributed by atoms with E-state index in [1.807, 2.05) is 0 Å². The molecule has 13 heavy (non-hydrogen) atoms. The standard InChI is InChI=1S/C10H6ClNO/c11-10-3-1-8(2-4-10)5-9(6-12)7-13/h1-5,7H/b9-5+. The van der Waals surface area contributed by atoms with Crippen molar-refractivity contribution in [2.24, 2.45) is 0 Å². The molecular formula is C10H6ClNO. The van der Waals surface area contributed by atoms with Crippen LogP contribution in [0.1, 0.15) is 5.56 Å². The van der Waals surface area contributed by atoms with Crippen LogP contribution in [0.2, 0.25) is 5.02 Å². The lowest BCUT2D eigenvalue weighted by Gasteiger charge is -1.92. The molecule has 3 heteroatoms. The molecule has 1 rings (SSSR count). The van der Waals surface area contributed by atoms with Crippen LogP contribution in [-0.4, -0.2) is 6.29 Å². The van der Waals surface area contributed by atoms with E-state index in [9.17, 15) is 4.79 Å². The lowest BCUT2D eigenvalue weighted by atomic mass is 10.1. The van der Waals surface area contributed by atoms with E-state index in [4.69, 9.17) is 16.9 Å². The van der Waals surface area contributed by atoms with Crippen molar-refractivity contribution in [2.45, 2.75) is 0 Å². The summed E-state index contributed by atoms with van der Waals surface area (Å²) in [7, 11) is 0. The number of carbonyl (C=O) groups is 1. The van der Waals surface area contributed by atoms with E-state index in [1.165, 1.54) is 6.08 Å². The van der Waals surface area contributed by atoms with Gasteiger partial charge in [0.25, 0.3) is 0 Å². The number of aldehydes is 1. The largest absolute Gasteiger partial charge is 0.297 e. The molecule has 0 heterocycles. The molecule has 0 aliphatic rings. The van der Waals surface area contributed by atoms with Crippen LogP contribution in [0.5, 0.6) is 0 Å². The number of nitriles is 1. The molecule has 0 aromatic heterocycles. The summed E-state index contributed by atoms with van der Waals surface area (Å²) in [5.41, 5.74) is 0.885. The molecule has 0 bridgehead atoms. The third-order valence-corrected chi connectivity index (χ3v) is 1.70. The Kier molecular flexibility index (Phi) is 3.24. The Balaban J connectivity index is 2.98. The first-order valence-corrected chi connectivity index (χ1v) is 3.96. The summed E-state index contributed by atoms with van der Waals surface area (Å²) in [5, 5.41) is 9.09. The van der Waals surface area contributed by atoms with Gasteiger partial charge in [-0.25, -0.2) is 0 Å². The summed E-state index contributed by atoms with van der Waals surface area (Å²) in [6, 6.07) is 8.66. The van der Waals surface area contributed by atoms with Crippen molar-refractivity contribution in [3.05, 3.63) is 40.4 Å². The minimum atomic E-state index is 0.0994. The molecule has 0 aliphatic carbocycles. The number of nitrogens with zero attached hydrogens (tertiary/aromatic N) is 1. The van der Waals surface area contributed by atoms with Gasteiger partial charge in [-0.3, -0.25) is 4.79 Å². The van der Waals surface area contributed by atoms with Gasteiger partial charge >= 0.3 is 0 Å². The molecule has 0 amide bonds. The van der Waals surface area contributed by atoms with Gasteiger partial charge in [-0.1, -0.05) is 23.7 Å². The number of allylic oxidation sites excluding steroid dienone is 1. The predicted octanol–water partition coefficient (Wildman–Crippen LogP) is 2.45. The fourth-order valence-electron chi connectivity index (χ4n) is 0.831. The highest BCUT2D eigenvalue weighted by Crippen LogP contribution is 2.11. The Morgan fingerprint density at radius 2 is 2.00 bits per heavy atom. The van der Waals surface area contributed by atoms with Crippen LogP contribution < -0.4 is 0 Å². The number of hydrogen-bond acceptors (Lipinski definition) is 2. The van der Waals surface area contributed by atoms with Crippen LogP contribution >= 0.6 is 11.6 Å². The molecular weight excluding hydrogens is 186 g/mol. The zero-order valence-corrected chi connectivity index (χ0v) is 7.45. The molecule has 0 spiro atoms. The number of rotatable bonds is 2. The number of halogens is 1. The highest BCUT2D eigenvalue weighted by molar-refractivity contribution is 6.30. The van der Waals surface area contributed by atoms with Gasteiger partial charge in [-0.05, 0) is 23.8 Å². The molecule has 0 N–H and O–H groups in total. The van der Waals surface area contributed by atoms with Gasteiger partial charge in [-0.15, -0.1) is 0 Å². The highest BCUT2D eigenvalue weighted by atomic mass is 35.5. The Morgan fingerprint density at radius 3 is 2.46 bits per heavy atom. The Hall–Kier alpha value is -1.59. The van der Waals surface area contributed by atoms with Crippen molar-refractivity contribution < 1.29 is 4.79 Å². The van der Waals surface area contributed by atoms with Gasteiger partial charge in [-0.2, -0.15) is 5.26 Å². The highest BCUT2D eigenvalue weighted by Gasteiger charge is 1.93. The van der Waals surface area contributed by atoms with Crippen LogP contribution in [0.4, 0.5) is 0 Å². The Morgan fingerprint density at radius 1 is 1.38 bits per heavy atom. The molecule has 64 valence electrons. The fraction of sp³-hybridized carbons (Fsp3) is 0. The van der Waals surface area contributed by atoms with E-state index in [2.05, 4.69) is 0 Å². The monoisotopic (exact) mass is 191 g/mol. The molecule has 1 aromatic rings. The molecule has 0 atom stereocenters. The summed E-state index contributed by atoms with van der Waals surface area (Å²) in [6.45, 7) is 0. The molecule has 0 fully saturated rings. The molecule has 0 saturated carbocycles. The van der Waals surface area contributed by atoms with Crippen molar-refractivity contribution in [3.8, 4) is 6.07 Å². The molecule has 0 unspecified atom stereocenters. The summed E-state index contributed by atoms with van der Waals surface area (Å²) in [5.74, 6) is 0. The van der Waals surface area contributed by atoms with Crippen LogP contribution in [0.15, 0.2) is 29.8 Å². The van der Waals surface area contributed by atoms with Gasteiger partial charge in [0.1, 0.15) is 6.07 Å². The first-order valence-electron chi connectivity index (χ1n) is 3.59. The predicted molar refractivity (Wildman–Crippen MR) is 51.1 cm³/mol. The average molecular weight is 192 g/mol. The Labute approximate surface area is 81.1 Å². The minimum absolute atomic E-state index is 0.0994. The molecule has 1 aromatic carbocycles. The molecule has 0 radical (unpaired) electrons. The first kappa shape index (κ1) is 9.50. The van der Waals surface area contributed by atoms with Crippen LogP contribution in [-0.2, 0) is 4.79 Å². The zero-order chi connectivity index (χ0) is 9.68. The van der Waals surface area contributed by atoms with E-state index in [-0.39, 0.29) is 5.57 Å². The van der Waals surface area contributed by atoms with E-state index < -0.39 is 0 Å². The number of carbonyl (C=O) groups excluding carboxylic acids is 1. The van der Waals surface area contributed by atoms with Gasteiger partial charge in [0.05, 0.1) is 5.57 Å². The maximum Gasteiger partial charge on any atom is 0.160 e. The Bertz CT molecular complexity index is 373. The zero-order valence-electron chi connectivity index (χ0n) is 6.70. The second-order valence-electron chi connectivity index (χ2n) is 2.38. The fourth-order valence-corrected chi connectivity index (χ4v) is 0.957.